The van der Waals surface area contributed by atoms with Gasteiger partial charge in [-0.3, -0.25) is 4.79 Å². The number of rotatable bonds is 3. The predicted octanol–water partition coefficient (Wildman–Crippen LogP) is 0.270. The van der Waals surface area contributed by atoms with E-state index in [1.807, 2.05) is 0 Å². The van der Waals surface area contributed by atoms with Crippen molar-refractivity contribution in [1.82, 2.24) is 0 Å². The summed E-state index contributed by atoms with van der Waals surface area (Å²) in [6, 6.07) is 6.28. The van der Waals surface area contributed by atoms with E-state index in [-0.39, 0.29) is 17.9 Å². The van der Waals surface area contributed by atoms with Crippen LogP contribution in [0.2, 0.25) is 0 Å². The molecule has 5 nitrogen and oxygen atoms in total. The number of amides is 1. The quantitative estimate of drug-likeness (QED) is 0.669. The number of hydrogen-bond acceptors (Lipinski definition) is 4. The van der Waals surface area contributed by atoms with E-state index in [0.29, 0.717) is 5.69 Å². The van der Waals surface area contributed by atoms with Gasteiger partial charge in [0.2, 0.25) is 0 Å². The highest BCUT2D eigenvalue weighted by Crippen LogP contribution is 2.20. The zero-order chi connectivity index (χ0) is 10.6. The molecule has 0 saturated heterocycles. The van der Waals surface area contributed by atoms with Crippen LogP contribution in [0, 0.1) is 11.3 Å². The van der Waals surface area contributed by atoms with E-state index in [0.717, 1.165) is 0 Å². The van der Waals surface area contributed by atoms with Crippen molar-refractivity contribution >= 4 is 11.6 Å². The fraction of sp³-hybridized carbons (Fsp3) is 0.111. The highest BCUT2D eigenvalue weighted by atomic mass is 16.5. The number of primary amides is 1. The molecule has 0 radical (unpaired) electrons. The van der Waals surface area contributed by atoms with E-state index < -0.39 is 5.91 Å². The van der Waals surface area contributed by atoms with Crippen LogP contribution in [0.15, 0.2) is 18.2 Å². The number of carbonyl (C=O) groups is 1. The molecule has 0 aromatic heterocycles. The molecule has 1 amide bonds. The smallest absolute Gasteiger partial charge is 0.252 e. The van der Waals surface area contributed by atoms with Crippen LogP contribution in [0.3, 0.4) is 0 Å². The molecule has 0 aliphatic heterocycles. The topological polar surface area (TPSA) is 102 Å². The van der Waals surface area contributed by atoms with Crippen molar-refractivity contribution < 1.29 is 9.53 Å². The zero-order valence-electron chi connectivity index (χ0n) is 7.36. The highest BCUT2D eigenvalue weighted by molar-refractivity contribution is 5.96. The first-order valence-electron chi connectivity index (χ1n) is 3.84. The molecule has 72 valence electrons. The molecule has 1 rings (SSSR count). The number of hydrogen-bond donors (Lipinski definition) is 2. The van der Waals surface area contributed by atoms with Gasteiger partial charge in [-0.2, -0.15) is 5.26 Å². The molecule has 0 aliphatic carbocycles. The summed E-state index contributed by atoms with van der Waals surface area (Å²) >= 11 is 0. The van der Waals surface area contributed by atoms with Crippen molar-refractivity contribution in [3.05, 3.63) is 23.8 Å². The number of nitriles is 1. The van der Waals surface area contributed by atoms with Gasteiger partial charge in [-0.25, -0.2) is 0 Å². The lowest BCUT2D eigenvalue weighted by molar-refractivity contribution is 0.0997. The van der Waals surface area contributed by atoms with E-state index in [9.17, 15) is 4.79 Å². The van der Waals surface area contributed by atoms with Gasteiger partial charge < -0.3 is 16.2 Å². The van der Waals surface area contributed by atoms with Crippen molar-refractivity contribution in [1.29, 1.82) is 5.26 Å². The van der Waals surface area contributed by atoms with Gasteiger partial charge in [-0.1, -0.05) is 0 Å². The van der Waals surface area contributed by atoms with Gasteiger partial charge in [0.05, 0.1) is 5.56 Å². The van der Waals surface area contributed by atoms with Gasteiger partial charge >= 0.3 is 0 Å². The Balaban J connectivity index is 3.03. The molecule has 0 spiro atoms. The first-order chi connectivity index (χ1) is 6.65. The fourth-order valence-electron chi connectivity index (χ4n) is 0.976. The van der Waals surface area contributed by atoms with Crippen molar-refractivity contribution in [2.24, 2.45) is 5.73 Å². The summed E-state index contributed by atoms with van der Waals surface area (Å²) in [5.41, 5.74) is 11.2. The van der Waals surface area contributed by atoms with Gasteiger partial charge in [-0.05, 0) is 18.2 Å². The van der Waals surface area contributed by atoms with E-state index in [1.165, 1.54) is 12.1 Å². The number of nitrogens with two attached hydrogens (primary N) is 2. The Bertz CT molecular complexity index is 396. The van der Waals surface area contributed by atoms with Gasteiger partial charge in [0.1, 0.15) is 11.8 Å². The van der Waals surface area contributed by atoms with Crippen molar-refractivity contribution in [2.75, 3.05) is 12.3 Å². The number of nitrogens with zero attached hydrogens (tertiary/aromatic N) is 1. The normalized spacial score (nSPS) is 9.07. The second-order valence-corrected chi connectivity index (χ2v) is 2.57. The third-order valence-corrected chi connectivity index (χ3v) is 1.56. The zero-order valence-corrected chi connectivity index (χ0v) is 7.36. The molecule has 1 aromatic rings. The van der Waals surface area contributed by atoms with E-state index in [1.54, 1.807) is 12.1 Å². The van der Waals surface area contributed by atoms with E-state index >= 15 is 0 Å². The minimum Gasteiger partial charge on any atom is -0.478 e. The Morgan fingerprint density at radius 1 is 1.57 bits per heavy atom. The SMILES string of the molecule is N#CCOc1ccc(N)cc1C(N)=O. The van der Waals surface area contributed by atoms with Crippen LogP contribution < -0.4 is 16.2 Å². The lowest BCUT2D eigenvalue weighted by Gasteiger charge is -2.06. The van der Waals surface area contributed by atoms with Crippen molar-refractivity contribution in [3.63, 3.8) is 0 Å². The molecule has 14 heavy (non-hydrogen) atoms. The van der Waals surface area contributed by atoms with Crippen LogP contribution in [0.25, 0.3) is 0 Å². The van der Waals surface area contributed by atoms with Crippen LogP contribution >= 0.6 is 0 Å². The van der Waals surface area contributed by atoms with Gasteiger partial charge in [0.25, 0.3) is 5.91 Å². The molecule has 1 aromatic carbocycles. The standard InChI is InChI=1S/C9H9N3O2/c10-3-4-14-8-2-1-6(11)5-7(8)9(12)13/h1-2,5H,4,11H2,(H2,12,13). The molecule has 0 saturated carbocycles. The number of carbonyl (C=O) groups excluding carboxylic acids is 1. The maximum Gasteiger partial charge on any atom is 0.252 e. The molecule has 0 heterocycles. The highest BCUT2D eigenvalue weighted by Gasteiger charge is 2.09. The van der Waals surface area contributed by atoms with Crippen LogP contribution in [0.4, 0.5) is 5.69 Å². The average molecular weight is 191 g/mol. The maximum absolute atomic E-state index is 10.9. The molecular weight excluding hydrogens is 182 g/mol. The summed E-state index contributed by atoms with van der Waals surface area (Å²) in [5.74, 6) is -0.363. The summed E-state index contributed by atoms with van der Waals surface area (Å²) in [6.07, 6.45) is 0. The molecule has 0 bridgehead atoms. The minimum absolute atomic E-state index is 0.135. The first-order valence-corrected chi connectivity index (χ1v) is 3.84. The van der Waals surface area contributed by atoms with Crippen LogP contribution in [0.5, 0.6) is 5.75 Å². The average Bonchev–Trinajstić information content (AvgIpc) is 2.15. The summed E-state index contributed by atoms with van der Waals surface area (Å²) in [4.78, 5) is 10.9. The molecule has 0 atom stereocenters. The molecular formula is C9H9N3O2. The third kappa shape index (κ3) is 2.14. The van der Waals surface area contributed by atoms with Gasteiger partial charge in [0.15, 0.2) is 6.61 Å². The molecule has 0 unspecified atom stereocenters. The number of ether oxygens (including phenoxy) is 1. The second-order valence-electron chi connectivity index (χ2n) is 2.57. The van der Waals surface area contributed by atoms with E-state index in [4.69, 9.17) is 21.5 Å². The summed E-state index contributed by atoms with van der Waals surface area (Å²) < 4.78 is 4.99. The third-order valence-electron chi connectivity index (χ3n) is 1.56. The molecule has 5 heteroatoms. The lowest BCUT2D eigenvalue weighted by atomic mass is 10.1. The lowest BCUT2D eigenvalue weighted by Crippen LogP contribution is -2.13. The Morgan fingerprint density at radius 2 is 2.29 bits per heavy atom. The van der Waals surface area contributed by atoms with Crippen LogP contribution in [-0.2, 0) is 0 Å². The first kappa shape index (κ1) is 9.86. The van der Waals surface area contributed by atoms with Crippen molar-refractivity contribution in [3.8, 4) is 11.8 Å². The van der Waals surface area contributed by atoms with Gasteiger partial charge in [-0.15, -0.1) is 0 Å². The predicted molar refractivity (Wildman–Crippen MR) is 50.5 cm³/mol. The largest absolute Gasteiger partial charge is 0.478 e. The monoisotopic (exact) mass is 191 g/mol. The van der Waals surface area contributed by atoms with Crippen molar-refractivity contribution in [2.45, 2.75) is 0 Å². The minimum atomic E-state index is -0.634. The number of benzene rings is 1. The molecule has 0 aliphatic rings. The summed E-state index contributed by atoms with van der Waals surface area (Å²) in [7, 11) is 0. The fourth-order valence-corrected chi connectivity index (χ4v) is 0.976. The van der Waals surface area contributed by atoms with Gasteiger partial charge in [0, 0.05) is 5.69 Å². The Kier molecular flexibility index (Phi) is 2.92. The second kappa shape index (κ2) is 4.14. The summed E-state index contributed by atoms with van der Waals surface area (Å²) in [5, 5.41) is 8.30. The Morgan fingerprint density at radius 3 is 2.86 bits per heavy atom. The molecule has 0 fully saturated rings. The van der Waals surface area contributed by atoms with Crippen LogP contribution in [0.1, 0.15) is 10.4 Å². The van der Waals surface area contributed by atoms with Crippen LogP contribution in [-0.4, -0.2) is 12.5 Å². The number of nitrogen functional groups attached to an aromatic ring is 1. The molecule has 4 N–H and O–H groups in total. The maximum atomic E-state index is 10.9. The van der Waals surface area contributed by atoms with E-state index in [2.05, 4.69) is 0 Å². The number of anilines is 1. The Labute approximate surface area is 80.9 Å². The summed E-state index contributed by atoms with van der Waals surface area (Å²) in [6.45, 7) is -0.135. The Hall–Kier alpha value is -2.22.